The lowest BCUT2D eigenvalue weighted by Crippen LogP contribution is -2.36. The van der Waals surface area contributed by atoms with Crippen molar-refractivity contribution >= 4 is 11.7 Å². The molecule has 0 fully saturated rings. The van der Waals surface area contributed by atoms with E-state index in [0.29, 0.717) is 0 Å². The monoisotopic (exact) mass is 437 g/mol. The molecule has 10 heteroatoms. The highest BCUT2D eigenvalue weighted by atomic mass is 19.4. The number of alkyl halides is 3. The van der Waals surface area contributed by atoms with Crippen LogP contribution < -0.4 is 5.32 Å². The van der Waals surface area contributed by atoms with E-state index in [1.807, 2.05) is 0 Å². The smallest absolute Gasteiger partial charge is 0.416 e. The third-order valence-corrected chi connectivity index (χ3v) is 4.39. The molecule has 0 saturated heterocycles. The lowest BCUT2D eigenvalue weighted by molar-refractivity contribution is -0.147. The molecule has 164 valence electrons. The summed E-state index contributed by atoms with van der Waals surface area (Å²) >= 11 is 0. The minimum Gasteiger partial charge on any atom is -0.459 e. The van der Waals surface area contributed by atoms with Gasteiger partial charge in [-0.05, 0) is 37.1 Å². The van der Waals surface area contributed by atoms with Gasteiger partial charge in [0.05, 0.1) is 11.1 Å². The van der Waals surface area contributed by atoms with E-state index in [9.17, 15) is 35.5 Å². The number of carbonyl (C=O) groups is 1. The lowest BCUT2D eigenvalue weighted by atomic mass is 10.0. The van der Waals surface area contributed by atoms with Crippen molar-refractivity contribution in [1.29, 1.82) is 0 Å². The maximum Gasteiger partial charge on any atom is 0.416 e. The van der Waals surface area contributed by atoms with Crippen molar-refractivity contribution in [2.75, 3.05) is 5.32 Å². The molecular formula is C20H18F7NO2. The number of hydrogen-bond acceptors (Lipinski definition) is 3. The van der Waals surface area contributed by atoms with E-state index in [-0.39, 0.29) is 5.69 Å². The molecule has 1 N–H and O–H groups in total. The van der Waals surface area contributed by atoms with Gasteiger partial charge in [0, 0.05) is 11.3 Å². The topological polar surface area (TPSA) is 38.3 Å². The number of rotatable bonds is 6. The van der Waals surface area contributed by atoms with Crippen LogP contribution in [0, 0.1) is 36.1 Å². The third kappa shape index (κ3) is 5.03. The fourth-order valence-electron chi connectivity index (χ4n) is 2.58. The summed E-state index contributed by atoms with van der Waals surface area (Å²) in [6.07, 6.45) is -4.53. The minimum atomic E-state index is -4.53. The first-order valence-electron chi connectivity index (χ1n) is 8.76. The second kappa shape index (κ2) is 8.93. The van der Waals surface area contributed by atoms with Crippen LogP contribution >= 0.6 is 0 Å². The zero-order chi connectivity index (χ0) is 22.8. The van der Waals surface area contributed by atoms with Gasteiger partial charge in [-0.2, -0.15) is 13.2 Å². The number of ether oxygens (including phenoxy) is 1. The van der Waals surface area contributed by atoms with E-state index < -0.39 is 70.7 Å². The quantitative estimate of drug-likeness (QED) is 0.355. The molecule has 0 spiro atoms. The van der Waals surface area contributed by atoms with Crippen molar-refractivity contribution in [2.24, 2.45) is 5.92 Å². The van der Waals surface area contributed by atoms with Gasteiger partial charge < -0.3 is 10.1 Å². The number of hydrogen-bond donors (Lipinski definition) is 1. The first-order chi connectivity index (χ1) is 13.8. The van der Waals surface area contributed by atoms with E-state index in [1.54, 1.807) is 13.8 Å². The van der Waals surface area contributed by atoms with E-state index in [4.69, 9.17) is 4.74 Å². The summed E-state index contributed by atoms with van der Waals surface area (Å²) in [6.45, 7) is 2.97. The molecule has 2 rings (SSSR count). The van der Waals surface area contributed by atoms with Crippen LogP contribution in [0.4, 0.5) is 36.4 Å². The summed E-state index contributed by atoms with van der Waals surface area (Å²) in [7, 11) is 0. The molecule has 0 amide bonds. The number of anilines is 1. The van der Waals surface area contributed by atoms with Gasteiger partial charge in [0.2, 0.25) is 0 Å². The summed E-state index contributed by atoms with van der Waals surface area (Å²) in [6, 6.07) is 2.74. The van der Waals surface area contributed by atoms with Crippen LogP contribution in [0.15, 0.2) is 24.3 Å². The number of halogens is 7. The highest BCUT2D eigenvalue weighted by Crippen LogP contribution is 2.30. The zero-order valence-electron chi connectivity index (χ0n) is 16.1. The number of esters is 1. The summed E-state index contributed by atoms with van der Waals surface area (Å²) < 4.78 is 97.8. The first kappa shape index (κ1) is 23.5. The summed E-state index contributed by atoms with van der Waals surface area (Å²) in [5.41, 5.74) is -2.64. The number of nitrogens with one attached hydrogen (secondary N) is 1. The Morgan fingerprint density at radius 2 is 1.47 bits per heavy atom. The molecule has 0 aliphatic rings. The predicted molar refractivity (Wildman–Crippen MR) is 94.5 cm³/mol. The first-order valence-corrected chi connectivity index (χ1v) is 8.76. The third-order valence-electron chi connectivity index (χ3n) is 4.39. The van der Waals surface area contributed by atoms with E-state index >= 15 is 0 Å². The van der Waals surface area contributed by atoms with E-state index in [2.05, 4.69) is 5.32 Å². The van der Waals surface area contributed by atoms with Gasteiger partial charge in [-0.25, -0.2) is 22.4 Å². The molecule has 30 heavy (non-hydrogen) atoms. The SMILES string of the molecule is Cc1c(F)c(F)c(COC(=O)C(Nc2ccc(C(F)(F)F)cc2)C(C)C)c(F)c1F. The zero-order valence-corrected chi connectivity index (χ0v) is 16.1. The number of carbonyl (C=O) groups excluding carboxylic acids is 1. The van der Waals surface area contributed by atoms with Crippen molar-refractivity contribution in [3.63, 3.8) is 0 Å². The summed E-state index contributed by atoms with van der Waals surface area (Å²) in [4.78, 5) is 12.4. The van der Waals surface area contributed by atoms with E-state index in [0.717, 1.165) is 31.2 Å². The normalized spacial score (nSPS) is 12.8. The van der Waals surface area contributed by atoms with Crippen molar-refractivity contribution < 1.29 is 40.3 Å². The van der Waals surface area contributed by atoms with Crippen LogP contribution in [0.25, 0.3) is 0 Å². The van der Waals surface area contributed by atoms with Gasteiger partial charge >= 0.3 is 12.1 Å². The minimum absolute atomic E-state index is 0.170. The Kier molecular flexibility index (Phi) is 6.99. The van der Waals surface area contributed by atoms with Gasteiger partial charge in [-0.1, -0.05) is 13.8 Å². The number of benzene rings is 2. The summed E-state index contributed by atoms with van der Waals surface area (Å²) in [5.74, 6) is -7.98. The molecule has 1 unspecified atom stereocenters. The van der Waals surface area contributed by atoms with Crippen LogP contribution in [-0.4, -0.2) is 12.0 Å². The molecule has 0 heterocycles. The molecule has 0 bridgehead atoms. The van der Waals surface area contributed by atoms with Gasteiger partial charge in [-0.3, -0.25) is 0 Å². The fourth-order valence-corrected chi connectivity index (χ4v) is 2.58. The van der Waals surface area contributed by atoms with Gasteiger partial charge in [0.1, 0.15) is 12.6 Å². The van der Waals surface area contributed by atoms with Crippen LogP contribution in [0.5, 0.6) is 0 Å². The van der Waals surface area contributed by atoms with Crippen LogP contribution in [0.1, 0.15) is 30.5 Å². The molecule has 3 nitrogen and oxygen atoms in total. The Bertz CT molecular complexity index is 895. The molecule has 2 aromatic carbocycles. The summed E-state index contributed by atoms with van der Waals surface area (Å²) in [5, 5.41) is 2.68. The highest BCUT2D eigenvalue weighted by Gasteiger charge is 2.31. The Labute approximate surface area is 167 Å². The maximum atomic E-state index is 13.9. The second-order valence-corrected chi connectivity index (χ2v) is 6.91. The van der Waals surface area contributed by atoms with E-state index in [1.165, 1.54) is 0 Å². The lowest BCUT2D eigenvalue weighted by Gasteiger charge is -2.22. The largest absolute Gasteiger partial charge is 0.459 e. The van der Waals surface area contributed by atoms with Gasteiger partial charge in [-0.15, -0.1) is 0 Å². The Morgan fingerprint density at radius 1 is 0.967 bits per heavy atom. The Morgan fingerprint density at radius 3 is 1.90 bits per heavy atom. The molecular weight excluding hydrogens is 419 g/mol. The Balaban J connectivity index is 2.16. The highest BCUT2D eigenvalue weighted by molar-refractivity contribution is 5.79. The van der Waals surface area contributed by atoms with Crippen molar-refractivity contribution in [3.8, 4) is 0 Å². The molecule has 0 saturated carbocycles. The molecule has 0 aliphatic heterocycles. The standard InChI is InChI=1S/C20H18F7NO2/c1-9(2)18(28-12-6-4-11(5-7-12)20(25,26)27)19(29)30-8-13-16(23)14(21)10(3)15(22)17(13)24/h4-7,9,18,28H,8H2,1-3H3. The van der Waals surface area contributed by atoms with Crippen molar-refractivity contribution in [3.05, 3.63) is 64.2 Å². The van der Waals surface area contributed by atoms with Crippen molar-refractivity contribution in [1.82, 2.24) is 0 Å². The fraction of sp³-hybridized carbons (Fsp3) is 0.350. The maximum absolute atomic E-state index is 13.9. The van der Waals surface area contributed by atoms with Gasteiger partial charge in [0.25, 0.3) is 0 Å². The van der Waals surface area contributed by atoms with Gasteiger partial charge in [0.15, 0.2) is 23.3 Å². The average molecular weight is 437 g/mol. The van der Waals surface area contributed by atoms with Crippen LogP contribution in [0.3, 0.4) is 0 Å². The van der Waals surface area contributed by atoms with Crippen molar-refractivity contribution in [2.45, 2.75) is 39.6 Å². The second-order valence-electron chi connectivity index (χ2n) is 6.91. The molecule has 0 aliphatic carbocycles. The molecule has 0 aromatic heterocycles. The average Bonchev–Trinajstić information content (AvgIpc) is 2.68. The van der Waals surface area contributed by atoms with Crippen LogP contribution in [-0.2, 0) is 22.3 Å². The molecule has 1 atom stereocenters. The van der Waals surface area contributed by atoms with Crippen LogP contribution in [0.2, 0.25) is 0 Å². The molecule has 0 radical (unpaired) electrons. The Hall–Kier alpha value is -2.78. The predicted octanol–water partition coefficient (Wildman–Crippen LogP) is 5.75. The molecule has 2 aromatic rings.